The summed E-state index contributed by atoms with van der Waals surface area (Å²) in [6, 6.07) is 9.53. The Hall–Kier alpha value is -2.41. The zero-order valence-electron chi connectivity index (χ0n) is 11.9. The number of rotatable bonds is 1. The molecule has 106 valence electrons. The number of esters is 1. The number of aliphatic imine (C=N–C) groups is 1. The van der Waals surface area contributed by atoms with E-state index in [0.29, 0.717) is 17.6 Å². The average molecular weight is 280 g/mol. The van der Waals surface area contributed by atoms with Crippen molar-refractivity contribution in [1.82, 2.24) is 0 Å². The van der Waals surface area contributed by atoms with Gasteiger partial charge in [0, 0.05) is 18.6 Å². The predicted molar refractivity (Wildman–Crippen MR) is 78.8 cm³/mol. The number of ether oxygens (including phenoxy) is 1. The molecule has 0 saturated carbocycles. The van der Waals surface area contributed by atoms with E-state index in [-0.39, 0.29) is 18.0 Å². The summed E-state index contributed by atoms with van der Waals surface area (Å²) >= 11 is 0. The Morgan fingerprint density at radius 3 is 2.81 bits per heavy atom. The van der Waals surface area contributed by atoms with Crippen molar-refractivity contribution in [1.29, 1.82) is 5.26 Å². The van der Waals surface area contributed by atoms with Gasteiger partial charge in [-0.15, -0.1) is 0 Å². The fourth-order valence-corrected chi connectivity index (χ4v) is 2.94. The lowest BCUT2D eigenvalue weighted by Gasteiger charge is -2.26. The van der Waals surface area contributed by atoms with E-state index in [4.69, 9.17) is 10.00 Å². The Bertz CT molecular complexity index is 665. The molecule has 2 aliphatic heterocycles. The predicted octanol–water partition coefficient (Wildman–Crippen LogP) is 3.10. The summed E-state index contributed by atoms with van der Waals surface area (Å²) < 4.78 is 5.38. The number of carbonyl (C=O) groups is 1. The van der Waals surface area contributed by atoms with E-state index >= 15 is 0 Å². The van der Waals surface area contributed by atoms with E-state index in [9.17, 15) is 4.79 Å². The lowest BCUT2D eigenvalue weighted by atomic mass is 9.84. The minimum atomic E-state index is -0.253. The standard InChI is InChI=1S/C17H16N2O2/c1-11-9-15-16(17(20)21-11)14(3-2-8-19-15)13-6-4-12(10-18)5-7-13/h4-8,11,14H,2-3,9H2,1H3. The van der Waals surface area contributed by atoms with Crippen LogP contribution in [0.25, 0.3) is 0 Å². The van der Waals surface area contributed by atoms with Crippen molar-refractivity contribution in [2.24, 2.45) is 4.99 Å². The van der Waals surface area contributed by atoms with Gasteiger partial charge in [-0.05, 0) is 37.5 Å². The van der Waals surface area contributed by atoms with E-state index in [2.05, 4.69) is 11.1 Å². The van der Waals surface area contributed by atoms with Gasteiger partial charge in [-0.25, -0.2) is 4.79 Å². The molecule has 3 rings (SSSR count). The molecule has 0 bridgehead atoms. The van der Waals surface area contributed by atoms with Crippen LogP contribution in [0.4, 0.5) is 0 Å². The summed E-state index contributed by atoms with van der Waals surface area (Å²) in [6.45, 7) is 1.89. The molecule has 2 aliphatic rings. The number of hydrogen-bond acceptors (Lipinski definition) is 4. The van der Waals surface area contributed by atoms with Crippen molar-refractivity contribution < 1.29 is 9.53 Å². The first-order chi connectivity index (χ1) is 10.2. The third-order valence-corrected chi connectivity index (χ3v) is 3.94. The molecule has 0 aromatic heterocycles. The van der Waals surface area contributed by atoms with Gasteiger partial charge in [0.05, 0.1) is 22.9 Å². The van der Waals surface area contributed by atoms with Gasteiger partial charge in [0.25, 0.3) is 0 Å². The molecule has 21 heavy (non-hydrogen) atoms. The van der Waals surface area contributed by atoms with E-state index in [1.807, 2.05) is 25.3 Å². The maximum Gasteiger partial charge on any atom is 0.336 e. The highest BCUT2D eigenvalue weighted by Crippen LogP contribution is 2.38. The maximum atomic E-state index is 12.3. The van der Waals surface area contributed by atoms with Gasteiger partial charge in [0.2, 0.25) is 0 Å². The van der Waals surface area contributed by atoms with Crippen LogP contribution in [0.1, 0.15) is 43.2 Å². The quantitative estimate of drug-likeness (QED) is 0.742. The van der Waals surface area contributed by atoms with Gasteiger partial charge in [-0.3, -0.25) is 4.99 Å². The van der Waals surface area contributed by atoms with Crippen LogP contribution in [0, 0.1) is 11.3 Å². The summed E-state index contributed by atoms with van der Waals surface area (Å²) in [5.74, 6) is -0.257. The van der Waals surface area contributed by atoms with Crippen LogP contribution in [-0.2, 0) is 9.53 Å². The van der Waals surface area contributed by atoms with Gasteiger partial charge in [0.1, 0.15) is 6.10 Å². The summed E-state index contributed by atoms with van der Waals surface area (Å²) in [5, 5.41) is 8.89. The van der Waals surface area contributed by atoms with Gasteiger partial charge in [-0.2, -0.15) is 5.26 Å². The molecule has 2 unspecified atom stereocenters. The van der Waals surface area contributed by atoms with Crippen LogP contribution in [-0.4, -0.2) is 18.3 Å². The Labute approximate surface area is 123 Å². The van der Waals surface area contributed by atoms with Crippen molar-refractivity contribution >= 4 is 12.2 Å². The van der Waals surface area contributed by atoms with Crippen LogP contribution >= 0.6 is 0 Å². The molecule has 0 amide bonds. The van der Waals surface area contributed by atoms with E-state index in [0.717, 1.165) is 24.1 Å². The summed E-state index contributed by atoms with van der Waals surface area (Å²) in [6.07, 6.45) is 4.11. The molecule has 2 heterocycles. The number of hydrogen-bond donors (Lipinski definition) is 0. The van der Waals surface area contributed by atoms with Crippen molar-refractivity contribution in [3.63, 3.8) is 0 Å². The SMILES string of the molecule is CC1CC2=C(C(=O)O1)C(c1ccc(C#N)cc1)CCC=N2. The van der Waals surface area contributed by atoms with Gasteiger partial charge < -0.3 is 4.74 Å². The van der Waals surface area contributed by atoms with E-state index in [1.54, 1.807) is 12.1 Å². The molecule has 0 N–H and O–H groups in total. The van der Waals surface area contributed by atoms with Gasteiger partial charge >= 0.3 is 5.97 Å². The van der Waals surface area contributed by atoms with Crippen LogP contribution in [0.2, 0.25) is 0 Å². The Morgan fingerprint density at radius 1 is 1.33 bits per heavy atom. The summed E-state index contributed by atoms with van der Waals surface area (Å²) in [4.78, 5) is 16.7. The largest absolute Gasteiger partial charge is 0.459 e. The monoisotopic (exact) mass is 280 g/mol. The van der Waals surface area contributed by atoms with Crippen molar-refractivity contribution in [3.8, 4) is 6.07 Å². The number of carbonyl (C=O) groups excluding carboxylic acids is 1. The van der Waals surface area contributed by atoms with Crippen molar-refractivity contribution in [2.45, 2.75) is 38.2 Å². The molecule has 0 aliphatic carbocycles. The maximum absolute atomic E-state index is 12.3. The zero-order chi connectivity index (χ0) is 14.8. The second kappa shape index (κ2) is 5.53. The molecule has 4 heteroatoms. The molecule has 0 spiro atoms. The first-order valence-electron chi connectivity index (χ1n) is 7.15. The Kier molecular flexibility index (Phi) is 3.57. The van der Waals surface area contributed by atoms with Crippen molar-refractivity contribution in [3.05, 3.63) is 46.7 Å². The fraction of sp³-hybridized carbons (Fsp3) is 0.353. The first kappa shape index (κ1) is 13.6. The molecule has 1 aromatic carbocycles. The highest BCUT2D eigenvalue weighted by atomic mass is 16.5. The van der Waals surface area contributed by atoms with Gasteiger partial charge in [0.15, 0.2) is 0 Å². The Balaban J connectivity index is 2.02. The molecule has 0 radical (unpaired) electrons. The minimum Gasteiger partial charge on any atom is -0.459 e. The summed E-state index contributed by atoms with van der Waals surface area (Å²) in [5.41, 5.74) is 3.20. The highest BCUT2D eigenvalue weighted by molar-refractivity contribution is 5.93. The molecule has 2 atom stereocenters. The molecule has 1 aromatic rings. The molecular weight excluding hydrogens is 264 g/mol. The Morgan fingerprint density at radius 2 is 2.10 bits per heavy atom. The van der Waals surface area contributed by atoms with Crippen molar-refractivity contribution in [2.75, 3.05) is 0 Å². The van der Waals surface area contributed by atoms with Crippen LogP contribution < -0.4 is 0 Å². The highest BCUT2D eigenvalue weighted by Gasteiger charge is 2.33. The zero-order valence-corrected chi connectivity index (χ0v) is 11.9. The average Bonchev–Trinajstić information content (AvgIpc) is 2.70. The van der Waals surface area contributed by atoms with Crippen LogP contribution in [0.3, 0.4) is 0 Å². The number of nitrogens with zero attached hydrogens (tertiary/aromatic N) is 2. The second-order valence-electron chi connectivity index (χ2n) is 5.46. The smallest absolute Gasteiger partial charge is 0.336 e. The molecule has 0 saturated heterocycles. The normalized spacial score (nSPS) is 24.9. The molecular formula is C17H16N2O2. The summed E-state index contributed by atoms with van der Waals surface area (Å²) in [7, 11) is 0. The number of benzene rings is 1. The topological polar surface area (TPSA) is 62.5 Å². The van der Waals surface area contributed by atoms with Gasteiger partial charge in [-0.1, -0.05) is 12.1 Å². The molecule has 4 nitrogen and oxygen atoms in total. The first-order valence-corrected chi connectivity index (χ1v) is 7.15. The lowest BCUT2D eigenvalue weighted by molar-refractivity contribution is -0.145. The lowest BCUT2D eigenvalue weighted by Crippen LogP contribution is -2.26. The number of cyclic esters (lactones) is 1. The van der Waals surface area contributed by atoms with E-state index < -0.39 is 0 Å². The second-order valence-corrected chi connectivity index (χ2v) is 5.46. The fourth-order valence-electron chi connectivity index (χ4n) is 2.94. The third kappa shape index (κ3) is 2.59. The minimum absolute atomic E-state index is 0.00440. The molecule has 0 fully saturated rings. The third-order valence-electron chi connectivity index (χ3n) is 3.94. The van der Waals surface area contributed by atoms with Crippen LogP contribution in [0.15, 0.2) is 40.5 Å². The number of nitriles is 1. The van der Waals surface area contributed by atoms with Crippen LogP contribution in [0.5, 0.6) is 0 Å². The van der Waals surface area contributed by atoms with E-state index in [1.165, 1.54) is 0 Å².